The third-order valence-electron chi connectivity index (χ3n) is 4.93. The van der Waals surface area contributed by atoms with Crippen LogP contribution in [0.4, 0.5) is 5.69 Å². The van der Waals surface area contributed by atoms with E-state index in [1.54, 1.807) is 30.4 Å². The van der Waals surface area contributed by atoms with Crippen LogP contribution in [0.3, 0.4) is 0 Å². The predicted molar refractivity (Wildman–Crippen MR) is 122 cm³/mol. The van der Waals surface area contributed by atoms with E-state index in [1.165, 1.54) is 5.01 Å². The summed E-state index contributed by atoms with van der Waals surface area (Å²) in [5.41, 5.74) is 4.85. The van der Waals surface area contributed by atoms with Crippen molar-refractivity contribution in [2.75, 3.05) is 11.6 Å². The molecule has 0 aliphatic carbocycles. The average molecular weight is 421 g/mol. The van der Waals surface area contributed by atoms with Crippen LogP contribution in [0.1, 0.15) is 38.3 Å². The second-order valence-electron chi connectivity index (χ2n) is 7.24. The highest BCUT2D eigenvalue weighted by Crippen LogP contribution is 2.36. The lowest BCUT2D eigenvalue weighted by Crippen LogP contribution is -2.35. The smallest absolute Gasteiger partial charge is 0.282 e. The van der Waals surface area contributed by atoms with Gasteiger partial charge in [-0.15, -0.1) is 6.58 Å². The molecule has 1 fully saturated rings. The molecule has 1 heterocycles. The largest absolute Gasteiger partial charge is 0.490 e. The molecule has 2 amide bonds. The fourth-order valence-corrected chi connectivity index (χ4v) is 3.24. The third kappa shape index (κ3) is 4.97. The van der Waals surface area contributed by atoms with Gasteiger partial charge in [-0.2, -0.15) is 0 Å². The summed E-state index contributed by atoms with van der Waals surface area (Å²) >= 11 is 0. The van der Waals surface area contributed by atoms with Crippen molar-refractivity contribution in [3.63, 3.8) is 0 Å². The number of rotatable bonds is 9. The fraction of sp³-hybridized carbons (Fsp3) is 0.280. The van der Waals surface area contributed by atoms with Gasteiger partial charge in [-0.3, -0.25) is 15.0 Å². The first-order valence-corrected chi connectivity index (χ1v) is 10.5. The molecule has 0 aromatic heterocycles. The van der Waals surface area contributed by atoms with Crippen LogP contribution in [0.5, 0.6) is 11.5 Å². The maximum Gasteiger partial charge on any atom is 0.282 e. The molecule has 3 rings (SSSR count). The number of nitrogens with zero attached hydrogens (tertiary/aromatic N) is 1. The van der Waals surface area contributed by atoms with Gasteiger partial charge in [0.05, 0.1) is 18.4 Å². The van der Waals surface area contributed by atoms with Crippen molar-refractivity contribution < 1.29 is 19.1 Å². The van der Waals surface area contributed by atoms with E-state index < -0.39 is 11.8 Å². The highest BCUT2D eigenvalue weighted by Gasteiger charge is 2.34. The molecule has 6 heteroatoms. The number of ether oxygens (including phenoxy) is 2. The number of hydrogen-bond donors (Lipinski definition) is 1. The summed E-state index contributed by atoms with van der Waals surface area (Å²) in [7, 11) is 0. The highest BCUT2D eigenvalue weighted by atomic mass is 16.5. The molecule has 0 radical (unpaired) electrons. The molecule has 0 unspecified atom stereocenters. The number of carbonyl (C=O) groups excluding carboxylic acids is 2. The SMILES string of the molecule is C=CCc1cc(/C=C2/C(=O)NN(c3ccccc3)C2=O)cc(OCC)c1O[C@H](C)CC. The number of nitrogens with one attached hydrogen (secondary N) is 1. The van der Waals surface area contributed by atoms with Crippen molar-refractivity contribution in [2.24, 2.45) is 0 Å². The summed E-state index contributed by atoms with van der Waals surface area (Å²) in [4.78, 5) is 25.4. The maximum atomic E-state index is 12.9. The number of anilines is 1. The van der Waals surface area contributed by atoms with E-state index in [-0.39, 0.29) is 11.7 Å². The Morgan fingerprint density at radius 1 is 1.16 bits per heavy atom. The van der Waals surface area contributed by atoms with Gasteiger partial charge in [-0.25, -0.2) is 5.01 Å². The minimum atomic E-state index is -0.447. The molecule has 1 N–H and O–H groups in total. The number of carbonyl (C=O) groups is 2. The van der Waals surface area contributed by atoms with E-state index in [9.17, 15) is 9.59 Å². The summed E-state index contributed by atoms with van der Waals surface area (Å²) in [5, 5.41) is 1.25. The molecule has 2 aromatic rings. The zero-order chi connectivity index (χ0) is 22.4. The Morgan fingerprint density at radius 2 is 1.90 bits per heavy atom. The lowest BCUT2D eigenvalue weighted by Gasteiger charge is -2.20. The van der Waals surface area contributed by atoms with Crippen molar-refractivity contribution in [1.29, 1.82) is 0 Å². The van der Waals surface area contributed by atoms with Gasteiger partial charge in [-0.05, 0) is 62.6 Å². The summed E-state index contributed by atoms with van der Waals surface area (Å²) in [6.07, 6.45) is 4.82. The van der Waals surface area contributed by atoms with E-state index in [0.717, 1.165) is 12.0 Å². The summed E-state index contributed by atoms with van der Waals surface area (Å²) in [6.45, 7) is 10.3. The van der Waals surface area contributed by atoms with Crippen LogP contribution in [0.25, 0.3) is 6.08 Å². The zero-order valence-electron chi connectivity index (χ0n) is 18.2. The van der Waals surface area contributed by atoms with E-state index >= 15 is 0 Å². The quantitative estimate of drug-likeness (QED) is 0.370. The lowest BCUT2D eigenvalue weighted by atomic mass is 10.0. The zero-order valence-corrected chi connectivity index (χ0v) is 18.2. The fourth-order valence-electron chi connectivity index (χ4n) is 3.24. The average Bonchev–Trinajstić information content (AvgIpc) is 3.05. The molecule has 0 saturated carbocycles. The first kappa shape index (κ1) is 22.2. The number of hydrazine groups is 1. The number of benzene rings is 2. The summed E-state index contributed by atoms with van der Waals surface area (Å²) in [6, 6.07) is 12.7. The molecule has 2 aromatic carbocycles. The molecule has 1 saturated heterocycles. The molecule has 6 nitrogen and oxygen atoms in total. The lowest BCUT2D eigenvalue weighted by molar-refractivity contribution is -0.117. The van der Waals surface area contributed by atoms with Crippen LogP contribution in [-0.2, 0) is 16.0 Å². The Kier molecular flexibility index (Phi) is 7.13. The molecule has 1 atom stereocenters. The summed E-state index contributed by atoms with van der Waals surface area (Å²) in [5.74, 6) is 0.405. The van der Waals surface area contributed by atoms with E-state index in [0.29, 0.717) is 35.8 Å². The van der Waals surface area contributed by atoms with E-state index in [1.807, 2.05) is 38.1 Å². The minimum Gasteiger partial charge on any atom is -0.490 e. The van der Waals surface area contributed by atoms with Crippen LogP contribution >= 0.6 is 0 Å². The number of hydrogen-bond acceptors (Lipinski definition) is 4. The van der Waals surface area contributed by atoms with Crippen molar-refractivity contribution >= 4 is 23.6 Å². The van der Waals surface area contributed by atoms with Gasteiger partial charge in [0.2, 0.25) is 0 Å². The maximum absolute atomic E-state index is 12.9. The van der Waals surface area contributed by atoms with Crippen LogP contribution in [0.2, 0.25) is 0 Å². The topological polar surface area (TPSA) is 67.9 Å². The van der Waals surface area contributed by atoms with Crippen LogP contribution < -0.4 is 19.9 Å². The van der Waals surface area contributed by atoms with Crippen LogP contribution in [0, 0.1) is 0 Å². The van der Waals surface area contributed by atoms with Crippen molar-refractivity contribution in [1.82, 2.24) is 5.43 Å². The Balaban J connectivity index is 2.01. The second-order valence-corrected chi connectivity index (χ2v) is 7.24. The predicted octanol–water partition coefficient (Wildman–Crippen LogP) is 4.45. The van der Waals surface area contributed by atoms with E-state index in [4.69, 9.17) is 9.47 Å². The van der Waals surface area contributed by atoms with Gasteiger partial charge in [0, 0.05) is 5.56 Å². The second kappa shape index (κ2) is 9.98. The molecular weight excluding hydrogens is 392 g/mol. The van der Waals surface area contributed by atoms with Gasteiger partial charge >= 0.3 is 0 Å². The highest BCUT2D eigenvalue weighted by molar-refractivity contribution is 6.31. The molecule has 162 valence electrons. The molecule has 0 spiro atoms. The first-order chi connectivity index (χ1) is 15.0. The van der Waals surface area contributed by atoms with Gasteiger partial charge < -0.3 is 9.47 Å². The van der Waals surface area contributed by atoms with Gasteiger partial charge in [0.25, 0.3) is 11.8 Å². The Hall–Kier alpha value is -3.54. The number of amides is 2. The third-order valence-corrected chi connectivity index (χ3v) is 4.93. The molecule has 1 aliphatic rings. The van der Waals surface area contributed by atoms with Gasteiger partial charge in [-0.1, -0.05) is 31.2 Å². The summed E-state index contributed by atoms with van der Waals surface area (Å²) < 4.78 is 12.0. The Bertz CT molecular complexity index is 998. The molecule has 0 bridgehead atoms. The van der Waals surface area contributed by atoms with Crippen LogP contribution in [0.15, 0.2) is 60.7 Å². The van der Waals surface area contributed by atoms with Crippen LogP contribution in [-0.4, -0.2) is 24.5 Å². The number of allylic oxidation sites excluding steroid dienone is 1. The van der Waals surface area contributed by atoms with Crippen molar-refractivity contribution in [3.8, 4) is 11.5 Å². The standard InChI is InChI=1S/C25H28N2O4/c1-5-11-19-14-18(16-22(30-7-3)23(19)31-17(4)6-2)15-21-24(28)26-27(25(21)29)20-12-9-8-10-13-20/h5,8-10,12-17H,1,6-7,11H2,2-4H3,(H,26,28)/b21-15-/t17-/m1/s1. The normalized spacial score (nSPS) is 15.7. The molecular formula is C25H28N2O4. The minimum absolute atomic E-state index is 0.0218. The van der Waals surface area contributed by atoms with E-state index in [2.05, 4.69) is 18.9 Å². The molecule has 31 heavy (non-hydrogen) atoms. The van der Waals surface area contributed by atoms with Crippen molar-refractivity contribution in [3.05, 3.63) is 71.8 Å². The van der Waals surface area contributed by atoms with Gasteiger partial charge in [0.1, 0.15) is 5.57 Å². The first-order valence-electron chi connectivity index (χ1n) is 10.5. The number of para-hydroxylation sites is 1. The molecule has 1 aliphatic heterocycles. The van der Waals surface area contributed by atoms with Gasteiger partial charge in [0.15, 0.2) is 11.5 Å². The Labute approximate surface area is 183 Å². The van der Waals surface area contributed by atoms with Crippen molar-refractivity contribution in [2.45, 2.75) is 39.7 Å². The monoisotopic (exact) mass is 420 g/mol. The Morgan fingerprint density at radius 3 is 2.55 bits per heavy atom.